The molecular weight excluding hydrogens is 313 g/mol. The number of hydrogen-bond donors (Lipinski definition) is 3. The summed E-state index contributed by atoms with van der Waals surface area (Å²) in [4.78, 5) is 23.4. The lowest BCUT2D eigenvalue weighted by atomic mass is 10.1. The van der Waals surface area contributed by atoms with Crippen LogP contribution in [0.2, 0.25) is 0 Å². The van der Waals surface area contributed by atoms with E-state index in [0.29, 0.717) is 16.9 Å². The van der Waals surface area contributed by atoms with Crippen molar-refractivity contribution in [1.29, 1.82) is 0 Å². The lowest BCUT2D eigenvalue weighted by Crippen LogP contribution is -2.37. The van der Waals surface area contributed by atoms with Gasteiger partial charge < -0.3 is 16.0 Å². The predicted molar refractivity (Wildman–Crippen MR) is 86.9 cm³/mol. The summed E-state index contributed by atoms with van der Waals surface area (Å²) in [7, 11) is 0. The summed E-state index contributed by atoms with van der Waals surface area (Å²) in [6.07, 6.45) is 1.57. The molecule has 0 aliphatic rings. The van der Waals surface area contributed by atoms with Gasteiger partial charge in [-0.2, -0.15) is 10.2 Å². The van der Waals surface area contributed by atoms with E-state index in [2.05, 4.69) is 26.1 Å². The molecular formula is C16H18FN5O2. The monoisotopic (exact) mass is 331 g/mol. The number of aromatic nitrogens is 2. The fourth-order valence-corrected chi connectivity index (χ4v) is 1.97. The molecule has 1 aromatic heterocycles. The highest BCUT2D eigenvalue weighted by Crippen LogP contribution is 2.08. The van der Waals surface area contributed by atoms with Crippen molar-refractivity contribution >= 4 is 17.6 Å². The molecule has 3 N–H and O–H groups in total. The molecule has 0 aliphatic carbocycles. The summed E-state index contributed by atoms with van der Waals surface area (Å²) in [5.41, 5.74) is 1.77. The Morgan fingerprint density at radius 2 is 1.96 bits per heavy atom. The van der Waals surface area contributed by atoms with E-state index in [1.807, 2.05) is 0 Å². The van der Waals surface area contributed by atoms with Crippen LogP contribution in [0.15, 0.2) is 36.5 Å². The largest absolute Gasteiger partial charge is 0.354 e. The second-order valence-corrected chi connectivity index (χ2v) is 5.07. The fraction of sp³-hybridized carbons (Fsp3) is 0.250. The van der Waals surface area contributed by atoms with Gasteiger partial charge in [-0.1, -0.05) is 12.1 Å². The van der Waals surface area contributed by atoms with Gasteiger partial charge in [-0.05, 0) is 30.7 Å². The highest BCUT2D eigenvalue weighted by molar-refractivity contribution is 5.89. The maximum absolute atomic E-state index is 13.0. The number of carbonyl (C=O) groups excluding carboxylic acids is 2. The molecule has 24 heavy (non-hydrogen) atoms. The molecule has 2 rings (SSSR count). The fourth-order valence-electron chi connectivity index (χ4n) is 1.97. The second kappa shape index (κ2) is 8.56. The summed E-state index contributed by atoms with van der Waals surface area (Å²) < 4.78 is 13.0. The SMILES string of the molecule is Cc1nnccc1NC(=O)NCCNC(=O)Cc1cccc(F)c1. The molecule has 0 saturated carbocycles. The smallest absolute Gasteiger partial charge is 0.319 e. The Bertz CT molecular complexity index is 723. The van der Waals surface area contributed by atoms with Gasteiger partial charge in [0, 0.05) is 13.1 Å². The predicted octanol–water partition coefficient (Wildman–Crippen LogP) is 1.40. The van der Waals surface area contributed by atoms with E-state index in [1.165, 1.54) is 18.3 Å². The summed E-state index contributed by atoms with van der Waals surface area (Å²) in [6.45, 7) is 2.27. The van der Waals surface area contributed by atoms with Crippen LogP contribution in [-0.2, 0) is 11.2 Å². The Hall–Kier alpha value is -3.03. The van der Waals surface area contributed by atoms with E-state index < -0.39 is 6.03 Å². The highest BCUT2D eigenvalue weighted by Gasteiger charge is 2.06. The van der Waals surface area contributed by atoms with Gasteiger partial charge in [-0.25, -0.2) is 9.18 Å². The number of nitrogens with zero attached hydrogens (tertiary/aromatic N) is 2. The minimum atomic E-state index is -0.398. The van der Waals surface area contributed by atoms with E-state index >= 15 is 0 Å². The number of amides is 3. The summed E-state index contributed by atoms with van der Waals surface area (Å²) >= 11 is 0. The van der Waals surface area contributed by atoms with Crippen molar-refractivity contribution in [2.75, 3.05) is 18.4 Å². The molecule has 0 spiro atoms. The minimum Gasteiger partial charge on any atom is -0.354 e. The minimum absolute atomic E-state index is 0.0891. The zero-order valence-electron chi connectivity index (χ0n) is 13.2. The van der Waals surface area contributed by atoms with Crippen LogP contribution < -0.4 is 16.0 Å². The molecule has 1 heterocycles. The topological polar surface area (TPSA) is 96.0 Å². The lowest BCUT2D eigenvalue weighted by molar-refractivity contribution is -0.120. The van der Waals surface area contributed by atoms with Gasteiger partial charge in [0.25, 0.3) is 0 Å². The Morgan fingerprint density at radius 1 is 1.17 bits per heavy atom. The van der Waals surface area contributed by atoms with E-state index in [9.17, 15) is 14.0 Å². The van der Waals surface area contributed by atoms with Gasteiger partial charge in [0.1, 0.15) is 5.82 Å². The average molecular weight is 331 g/mol. The molecule has 3 amide bonds. The van der Waals surface area contributed by atoms with Gasteiger partial charge in [-0.15, -0.1) is 0 Å². The van der Waals surface area contributed by atoms with E-state index in [1.54, 1.807) is 25.1 Å². The van der Waals surface area contributed by atoms with Crippen molar-refractivity contribution in [3.05, 3.63) is 53.6 Å². The van der Waals surface area contributed by atoms with Crippen molar-refractivity contribution < 1.29 is 14.0 Å². The van der Waals surface area contributed by atoms with Gasteiger partial charge in [0.05, 0.1) is 24.0 Å². The first-order valence-corrected chi connectivity index (χ1v) is 7.39. The van der Waals surface area contributed by atoms with Gasteiger partial charge in [0.2, 0.25) is 5.91 Å². The molecule has 0 aliphatic heterocycles. The van der Waals surface area contributed by atoms with E-state index in [4.69, 9.17) is 0 Å². The standard InChI is InChI=1S/C16H18FN5O2/c1-11-14(5-6-20-22-11)21-16(24)19-8-7-18-15(23)10-12-3-2-4-13(17)9-12/h2-6,9H,7-8,10H2,1H3,(H,18,23)(H2,19,20,21,24). The number of rotatable bonds is 6. The molecule has 0 bridgehead atoms. The average Bonchev–Trinajstić information content (AvgIpc) is 2.54. The van der Waals surface area contributed by atoms with E-state index in [0.717, 1.165) is 0 Å². The number of hydrogen-bond acceptors (Lipinski definition) is 4. The number of halogens is 1. The van der Waals surface area contributed by atoms with Crippen molar-refractivity contribution in [3.63, 3.8) is 0 Å². The summed E-state index contributed by atoms with van der Waals surface area (Å²) in [5.74, 6) is -0.614. The van der Waals surface area contributed by atoms with Crippen molar-refractivity contribution in [1.82, 2.24) is 20.8 Å². The number of anilines is 1. The zero-order chi connectivity index (χ0) is 17.4. The third-order valence-corrected chi connectivity index (χ3v) is 3.14. The molecule has 7 nitrogen and oxygen atoms in total. The van der Waals surface area contributed by atoms with Crippen LogP contribution in [0.1, 0.15) is 11.3 Å². The summed E-state index contributed by atoms with van der Waals surface area (Å²) in [6, 6.07) is 7.12. The van der Waals surface area contributed by atoms with Crippen LogP contribution in [0.25, 0.3) is 0 Å². The normalized spacial score (nSPS) is 10.1. The molecule has 126 valence electrons. The van der Waals surface area contributed by atoms with Crippen LogP contribution in [-0.4, -0.2) is 35.2 Å². The van der Waals surface area contributed by atoms with Crippen LogP contribution in [0.4, 0.5) is 14.9 Å². The summed E-state index contributed by atoms with van der Waals surface area (Å²) in [5, 5.41) is 15.4. The first kappa shape index (κ1) is 17.3. The van der Waals surface area contributed by atoms with Crippen LogP contribution in [0, 0.1) is 12.7 Å². The quantitative estimate of drug-likeness (QED) is 0.697. The maximum atomic E-state index is 13.0. The Balaban J connectivity index is 1.66. The Kier molecular flexibility index (Phi) is 6.18. The Labute approximate surface area is 138 Å². The van der Waals surface area contributed by atoms with E-state index in [-0.39, 0.29) is 31.2 Å². The van der Waals surface area contributed by atoms with Crippen LogP contribution in [0.5, 0.6) is 0 Å². The van der Waals surface area contributed by atoms with Crippen molar-refractivity contribution in [2.24, 2.45) is 0 Å². The Morgan fingerprint density at radius 3 is 2.71 bits per heavy atom. The first-order chi connectivity index (χ1) is 11.5. The molecule has 1 aromatic carbocycles. The molecule has 2 aromatic rings. The zero-order valence-corrected chi connectivity index (χ0v) is 13.2. The number of urea groups is 1. The van der Waals surface area contributed by atoms with Crippen molar-refractivity contribution in [2.45, 2.75) is 13.3 Å². The third-order valence-electron chi connectivity index (χ3n) is 3.14. The molecule has 0 saturated heterocycles. The number of carbonyl (C=O) groups is 2. The van der Waals surface area contributed by atoms with Crippen molar-refractivity contribution in [3.8, 4) is 0 Å². The number of nitrogens with one attached hydrogen (secondary N) is 3. The molecule has 0 unspecified atom stereocenters. The number of benzene rings is 1. The number of aryl methyl sites for hydroxylation is 1. The molecule has 0 atom stereocenters. The molecule has 8 heteroatoms. The van der Waals surface area contributed by atoms with Gasteiger partial charge in [0.15, 0.2) is 0 Å². The third kappa shape index (κ3) is 5.64. The van der Waals surface area contributed by atoms with Crippen LogP contribution >= 0.6 is 0 Å². The lowest BCUT2D eigenvalue weighted by Gasteiger charge is -2.09. The van der Waals surface area contributed by atoms with Crippen LogP contribution in [0.3, 0.4) is 0 Å². The molecule has 0 radical (unpaired) electrons. The maximum Gasteiger partial charge on any atom is 0.319 e. The van der Waals surface area contributed by atoms with Gasteiger partial charge >= 0.3 is 6.03 Å². The first-order valence-electron chi connectivity index (χ1n) is 7.39. The second-order valence-electron chi connectivity index (χ2n) is 5.07. The highest BCUT2D eigenvalue weighted by atomic mass is 19.1. The molecule has 0 fully saturated rings. The van der Waals surface area contributed by atoms with Gasteiger partial charge in [-0.3, -0.25) is 4.79 Å².